The van der Waals surface area contributed by atoms with E-state index in [1.165, 1.54) is 11.1 Å². The molecular formula is C13H16O. The molecule has 0 spiro atoms. The molecule has 14 heavy (non-hydrogen) atoms. The molecule has 1 unspecified atom stereocenters. The van der Waals surface area contributed by atoms with E-state index in [9.17, 15) is 4.79 Å². The number of hydrogen-bond acceptors (Lipinski definition) is 1. The number of ketones is 1. The summed E-state index contributed by atoms with van der Waals surface area (Å²) in [5, 5.41) is 0. The molecule has 1 nitrogen and oxygen atoms in total. The molecule has 0 heterocycles. The van der Waals surface area contributed by atoms with Gasteiger partial charge in [-0.3, -0.25) is 4.79 Å². The van der Waals surface area contributed by atoms with Gasteiger partial charge in [0.1, 0.15) is 5.78 Å². The summed E-state index contributed by atoms with van der Waals surface area (Å²) in [6.45, 7) is 4.11. The Balaban J connectivity index is 2.21. The van der Waals surface area contributed by atoms with Gasteiger partial charge in [-0.2, -0.15) is 0 Å². The van der Waals surface area contributed by atoms with Crippen LogP contribution < -0.4 is 0 Å². The summed E-state index contributed by atoms with van der Waals surface area (Å²) in [7, 11) is 0. The molecule has 1 saturated carbocycles. The van der Waals surface area contributed by atoms with Gasteiger partial charge in [-0.15, -0.1) is 0 Å². The van der Waals surface area contributed by atoms with Crippen LogP contribution in [0.3, 0.4) is 0 Å². The first-order valence-electron chi connectivity index (χ1n) is 5.29. The molecule has 1 heteroatoms. The fourth-order valence-electron chi connectivity index (χ4n) is 1.95. The van der Waals surface area contributed by atoms with Crippen LogP contribution in [0, 0.1) is 12.8 Å². The van der Waals surface area contributed by atoms with E-state index in [1.807, 2.05) is 19.1 Å². The number of carbonyl (C=O) groups excluding carboxylic acids is 1. The lowest BCUT2D eigenvalue weighted by Gasteiger charge is -2.12. The van der Waals surface area contributed by atoms with Gasteiger partial charge in [0.15, 0.2) is 0 Å². The lowest BCUT2D eigenvalue weighted by molar-refractivity contribution is -0.121. The molecule has 2 rings (SSSR count). The van der Waals surface area contributed by atoms with Crippen molar-refractivity contribution in [3.05, 3.63) is 35.4 Å². The van der Waals surface area contributed by atoms with E-state index < -0.39 is 0 Å². The second-order valence-electron chi connectivity index (χ2n) is 4.25. The molecule has 0 saturated heterocycles. The summed E-state index contributed by atoms with van der Waals surface area (Å²) in [6.07, 6.45) is 2.21. The minimum atomic E-state index is 0.0868. The minimum absolute atomic E-state index is 0.0868. The number of Topliss-reactive ketones (excluding diaryl/α,β-unsaturated/α-hetero) is 1. The third kappa shape index (κ3) is 1.72. The maximum absolute atomic E-state index is 11.9. The summed E-state index contributed by atoms with van der Waals surface area (Å²) in [5.74, 6) is 0.882. The summed E-state index contributed by atoms with van der Waals surface area (Å²) in [5.41, 5.74) is 2.43. The summed E-state index contributed by atoms with van der Waals surface area (Å²) >= 11 is 0. The molecule has 1 aliphatic rings. The zero-order chi connectivity index (χ0) is 10.1. The molecule has 1 fully saturated rings. The fourth-order valence-corrected chi connectivity index (χ4v) is 1.95. The average molecular weight is 188 g/mol. The Morgan fingerprint density at radius 2 is 2.00 bits per heavy atom. The number of rotatable bonds is 3. The zero-order valence-electron chi connectivity index (χ0n) is 8.79. The Morgan fingerprint density at radius 1 is 1.36 bits per heavy atom. The van der Waals surface area contributed by atoms with Gasteiger partial charge in [0.2, 0.25) is 0 Å². The van der Waals surface area contributed by atoms with Crippen molar-refractivity contribution in [1.82, 2.24) is 0 Å². The Labute approximate surface area is 85.1 Å². The van der Waals surface area contributed by atoms with Crippen LogP contribution in [0.5, 0.6) is 0 Å². The SMILES string of the molecule is Cc1ccccc1C(C)C(=O)C1CC1. The van der Waals surface area contributed by atoms with Crippen LogP contribution >= 0.6 is 0 Å². The van der Waals surface area contributed by atoms with Crippen molar-refractivity contribution >= 4 is 5.78 Å². The van der Waals surface area contributed by atoms with Crippen molar-refractivity contribution in [2.24, 2.45) is 5.92 Å². The molecule has 0 aromatic heterocycles. The van der Waals surface area contributed by atoms with Gasteiger partial charge < -0.3 is 0 Å². The van der Waals surface area contributed by atoms with Crippen molar-refractivity contribution in [2.75, 3.05) is 0 Å². The quantitative estimate of drug-likeness (QED) is 0.712. The van der Waals surface area contributed by atoms with E-state index >= 15 is 0 Å². The minimum Gasteiger partial charge on any atom is -0.299 e. The molecule has 74 valence electrons. The fraction of sp³-hybridized carbons (Fsp3) is 0.462. The van der Waals surface area contributed by atoms with Crippen LogP contribution in [0.15, 0.2) is 24.3 Å². The normalized spacial score (nSPS) is 17.9. The first-order valence-corrected chi connectivity index (χ1v) is 5.29. The lowest BCUT2D eigenvalue weighted by atomic mass is 9.91. The van der Waals surface area contributed by atoms with Crippen LogP contribution in [0.2, 0.25) is 0 Å². The third-order valence-electron chi connectivity index (χ3n) is 3.06. The highest BCUT2D eigenvalue weighted by atomic mass is 16.1. The maximum atomic E-state index is 11.9. The van der Waals surface area contributed by atoms with Crippen LogP contribution in [-0.2, 0) is 4.79 Å². The highest BCUT2D eigenvalue weighted by Crippen LogP contribution is 2.35. The van der Waals surface area contributed by atoms with E-state index in [0.29, 0.717) is 11.7 Å². The first kappa shape index (κ1) is 9.45. The van der Waals surface area contributed by atoms with E-state index in [2.05, 4.69) is 19.1 Å². The first-order chi connectivity index (χ1) is 6.70. The summed E-state index contributed by atoms with van der Waals surface area (Å²) in [4.78, 5) is 11.9. The molecule has 1 atom stereocenters. The van der Waals surface area contributed by atoms with Gasteiger partial charge in [0, 0.05) is 11.8 Å². The van der Waals surface area contributed by atoms with Crippen molar-refractivity contribution in [3.63, 3.8) is 0 Å². The summed E-state index contributed by atoms with van der Waals surface area (Å²) < 4.78 is 0. The monoisotopic (exact) mass is 188 g/mol. The van der Waals surface area contributed by atoms with Crippen LogP contribution in [0.1, 0.15) is 36.8 Å². The Hall–Kier alpha value is -1.11. The van der Waals surface area contributed by atoms with Gasteiger partial charge in [0.05, 0.1) is 0 Å². The predicted molar refractivity (Wildman–Crippen MR) is 57.3 cm³/mol. The van der Waals surface area contributed by atoms with Gasteiger partial charge in [0.25, 0.3) is 0 Å². The summed E-state index contributed by atoms with van der Waals surface area (Å²) in [6, 6.07) is 8.18. The number of aryl methyl sites for hydroxylation is 1. The Bertz CT molecular complexity index is 350. The highest BCUT2D eigenvalue weighted by Gasteiger charge is 2.33. The second-order valence-corrected chi connectivity index (χ2v) is 4.25. The van der Waals surface area contributed by atoms with Crippen molar-refractivity contribution < 1.29 is 4.79 Å². The number of carbonyl (C=O) groups is 1. The van der Waals surface area contributed by atoms with E-state index in [4.69, 9.17) is 0 Å². The predicted octanol–water partition coefficient (Wildman–Crippen LogP) is 3.08. The molecule has 0 aliphatic heterocycles. The maximum Gasteiger partial charge on any atom is 0.143 e. The molecule has 0 bridgehead atoms. The Kier molecular flexibility index (Phi) is 2.40. The van der Waals surface area contributed by atoms with Gasteiger partial charge >= 0.3 is 0 Å². The molecule has 1 aromatic rings. The van der Waals surface area contributed by atoms with Gasteiger partial charge in [-0.1, -0.05) is 31.2 Å². The molecule has 0 amide bonds. The van der Waals surface area contributed by atoms with E-state index in [0.717, 1.165) is 12.8 Å². The average Bonchev–Trinajstić information content (AvgIpc) is 3.00. The van der Waals surface area contributed by atoms with Crippen LogP contribution in [0.4, 0.5) is 0 Å². The van der Waals surface area contributed by atoms with Crippen LogP contribution in [-0.4, -0.2) is 5.78 Å². The molecule has 0 N–H and O–H groups in total. The highest BCUT2D eigenvalue weighted by molar-refractivity contribution is 5.89. The topological polar surface area (TPSA) is 17.1 Å². The van der Waals surface area contributed by atoms with Crippen molar-refractivity contribution in [3.8, 4) is 0 Å². The van der Waals surface area contributed by atoms with Gasteiger partial charge in [-0.05, 0) is 30.9 Å². The second kappa shape index (κ2) is 3.56. The van der Waals surface area contributed by atoms with Crippen molar-refractivity contribution in [2.45, 2.75) is 32.6 Å². The molecular weight excluding hydrogens is 172 g/mol. The molecule has 0 radical (unpaired) electrons. The standard InChI is InChI=1S/C13H16O/c1-9-5-3-4-6-12(9)10(2)13(14)11-7-8-11/h3-6,10-11H,7-8H2,1-2H3. The number of hydrogen-bond donors (Lipinski definition) is 0. The van der Waals surface area contributed by atoms with Crippen LogP contribution in [0.25, 0.3) is 0 Å². The van der Waals surface area contributed by atoms with E-state index in [-0.39, 0.29) is 5.92 Å². The third-order valence-corrected chi connectivity index (χ3v) is 3.06. The van der Waals surface area contributed by atoms with E-state index in [1.54, 1.807) is 0 Å². The van der Waals surface area contributed by atoms with Gasteiger partial charge in [-0.25, -0.2) is 0 Å². The largest absolute Gasteiger partial charge is 0.299 e. The molecule has 1 aliphatic carbocycles. The smallest absolute Gasteiger partial charge is 0.143 e. The number of benzene rings is 1. The lowest BCUT2D eigenvalue weighted by Crippen LogP contribution is -2.11. The van der Waals surface area contributed by atoms with Crippen molar-refractivity contribution in [1.29, 1.82) is 0 Å². The molecule has 1 aromatic carbocycles. The zero-order valence-corrected chi connectivity index (χ0v) is 8.79. The Morgan fingerprint density at radius 3 is 2.57 bits per heavy atom.